The molecule has 8 nitrogen and oxygen atoms in total. The highest BCUT2D eigenvalue weighted by Crippen LogP contribution is 2.13. The number of nitrogens with one attached hydrogen (secondary N) is 2. The van der Waals surface area contributed by atoms with Crippen molar-refractivity contribution < 1.29 is 19.1 Å². The fraction of sp³-hybridized carbons (Fsp3) is 0.571. The molecule has 9 heteroatoms. The summed E-state index contributed by atoms with van der Waals surface area (Å²) in [4.78, 5) is 39.8. The monoisotopic (exact) mass is 436 g/mol. The third kappa shape index (κ3) is 7.87. The second kappa shape index (κ2) is 12.4. The van der Waals surface area contributed by atoms with Crippen LogP contribution in [0.2, 0.25) is 0 Å². The van der Waals surface area contributed by atoms with Gasteiger partial charge >= 0.3 is 12.0 Å². The van der Waals surface area contributed by atoms with E-state index in [-0.39, 0.29) is 11.9 Å². The summed E-state index contributed by atoms with van der Waals surface area (Å²) in [6.07, 6.45) is 3.38. The molecule has 2 N–H and O–H groups in total. The number of carbonyl (C=O) groups excluding carboxylic acids is 3. The number of benzene rings is 1. The smallest absolute Gasteiger partial charge is 0.328 e. The third-order valence-corrected chi connectivity index (χ3v) is 5.59. The molecule has 0 aliphatic carbocycles. The third-order valence-electron chi connectivity index (χ3n) is 4.95. The summed E-state index contributed by atoms with van der Waals surface area (Å²) >= 11 is 1.63. The number of carbonyl (C=O) groups is 3. The number of esters is 1. The number of methoxy groups -OCH3 is 1. The summed E-state index contributed by atoms with van der Waals surface area (Å²) < 4.78 is 4.82. The number of amides is 3. The van der Waals surface area contributed by atoms with Crippen LogP contribution in [-0.4, -0.2) is 79.0 Å². The highest BCUT2D eigenvalue weighted by Gasteiger charge is 2.25. The molecule has 0 saturated carbocycles. The highest BCUT2D eigenvalue weighted by molar-refractivity contribution is 7.98. The minimum atomic E-state index is -0.614. The van der Waals surface area contributed by atoms with Crippen molar-refractivity contribution in [3.05, 3.63) is 29.8 Å². The van der Waals surface area contributed by atoms with E-state index < -0.39 is 12.0 Å². The fourth-order valence-electron chi connectivity index (χ4n) is 3.35. The Morgan fingerprint density at radius 3 is 2.50 bits per heavy atom. The second-order valence-corrected chi connectivity index (χ2v) is 8.29. The maximum Gasteiger partial charge on any atom is 0.328 e. The van der Waals surface area contributed by atoms with E-state index in [1.807, 2.05) is 30.5 Å². The van der Waals surface area contributed by atoms with E-state index in [0.29, 0.717) is 19.5 Å². The predicted molar refractivity (Wildman–Crippen MR) is 120 cm³/mol. The van der Waals surface area contributed by atoms with Crippen molar-refractivity contribution in [3.8, 4) is 0 Å². The Morgan fingerprint density at radius 1 is 1.13 bits per heavy atom. The minimum absolute atomic E-state index is 0.0866. The van der Waals surface area contributed by atoms with Gasteiger partial charge in [0, 0.05) is 45.3 Å². The van der Waals surface area contributed by atoms with Crippen LogP contribution in [0.25, 0.3) is 0 Å². The van der Waals surface area contributed by atoms with Gasteiger partial charge in [-0.2, -0.15) is 11.8 Å². The first-order valence-electron chi connectivity index (χ1n) is 10.1. The van der Waals surface area contributed by atoms with Crippen molar-refractivity contribution in [1.82, 2.24) is 15.1 Å². The Bertz CT molecular complexity index is 713. The van der Waals surface area contributed by atoms with Gasteiger partial charge in [0.05, 0.1) is 7.11 Å². The number of rotatable bonds is 8. The molecule has 0 aromatic heterocycles. The van der Waals surface area contributed by atoms with Gasteiger partial charge in [0.15, 0.2) is 0 Å². The lowest BCUT2D eigenvalue weighted by Crippen LogP contribution is -2.49. The van der Waals surface area contributed by atoms with Crippen molar-refractivity contribution in [2.24, 2.45) is 0 Å². The molecule has 1 fully saturated rings. The number of urea groups is 1. The first-order valence-corrected chi connectivity index (χ1v) is 11.5. The average Bonchev–Trinajstić information content (AvgIpc) is 2.97. The van der Waals surface area contributed by atoms with Crippen molar-refractivity contribution >= 4 is 35.4 Å². The summed E-state index contributed by atoms with van der Waals surface area (Å²) in [6, 6.07) is 6.98. The molecular formula is C21H32N4O4S. The molecule has 0 spiro atoms. The van der Waals surface area contributed by atoms with Crippen LogP contribution in [0.3, 0.4) is 0 Å². The SMILES string of the molecule is COC(=O)C(CCSC)NC(=O)N1CCCN(Cc2ccc(NC(C)=O)cc2)CC1. The van der Waals surface area contributed by atoms with Crippen LogP contribution in [0.1, 0.15) is 25.3 Å². The van der Waals surface area contributed by atoms with Gasteiger partial charge in [-0.25, -0.2) is 9.59 Å². The fourth-order valence-corrected chi connectivity index (χ4v) is 3.83. The molecule has 0 bridgehead atoms. The van der Waals surface area contributed by atoms with Gasteiger partial charge < -0.3 is 20.3 Å². The largest absolute Gasteiger partial charge is 0.467 e. The molecule has 1 atom stereocenters. The zero-order valence-electron chi connectivity index (χ0n) is 18.0. The minimum Gasteiger partial charge on any atom is -0.467 e. The van der Waals surface area contributed by atoms with Gasteiger partial charge in [-0.15, -0.1) is 0 Å². The van der Waals surface area contributed by atoms with E-state index in [1.165, 1.54) is 14.0 Å². The Morgan fingerprint density at radius 2 is 1.87 bits per heavy atom. The Kier molecular flexibility index (Phi) is 9.96. The summed E-state index contributed by atoms with van der Waals surface area (Å²) in [5.74, 6) is 0.280. The summed E-state index contributed by atoms with van der Waals surface area (Å²) in [6.45, 7) is 5.18. The normalized spacial score (nSPS) is 15.8. The Balaban J connectivity index is 1.86. The van der Waals surface area contributed by atoms with Crippen LogP contribution in [0.15, 0.2) is 24.3 Å². The van der Waals surface area contributed by atoms with E-state index in [2.05, 4.69) is 15.5 Å². The Hall–Kier alpha value is -2.26. The van der Waals surface area contributed by atoms with Crippen LogP contribution in [0, 0.1) is 0 Å². The van der Waals surface area contributed by atoms with Crippen molar-refractivity contribution in [2.75, 3.05) is 50.6 Å². The van der Waals surface area contributed by atoms with Crippen LogP contribution in [0.5, 0.6) is 0 Å². The van der Waals surface area contributed by atoms with E-state index in [1.54, 1.807) is 16.7 Å². The second-order valence-electron chi connectivity index (χ2n) is 7.30. The average molecular weight is 437 g/mol. The summed E-state index contributed by atoms with van der Waals surface area (Å²) in [7, 11) is 1.34. The quantitative estimate of drug-likeness (QED) is 0.607. The molecule has 1 aromatic carbocycles. The summed E-state index contributed by atoms with van der Waals surface area (Å²) in [5, 5.41) is 5.60. The maximum absolute atomic E-state index is 12.7. The lowest BCUT2D eigenvalue weighted by Gasteiger charge is -2.25. The maximum atomic E-state index is 12.7. The van der Waals surface area contributed by atoms with Gasteiger partial charge in [-0.3, -0.25) is 9.69 Å². The zero-order valence-corrected chi connectivity index (χ0v) is 18.8. The van der Waals surface area contributed by atoms with Crippen LogP contribution >= 0.6 is 11.8 Å². The molecule has 166 valence electrons. The van der Waals surface area contributed by atoms with Crippen molar-refractivity contribution in [2.45, 2.75) is 32.4 Å². The first kappa shape index (κ1) is 24.0. The zero-order chi connectivity index (χ0) is 21.9. The van der Waals surface area contributed by atoms with Gasteiger partial charge in [0.25, 0.3) is 0 Å². The molecule has 2 rings (SSSR count). The predicted octanol–water partition coefficient (Wildman–Crippen LogP) is 2.16. The van der Waals surface area contributed by atoms with E-state index in [9.17, 15) is 14.4 Å². The van der Waals surface area contributed by atoms with Crippen LogP contribution < -0.4 is 10.6 Å². The molecule has 1 aliphatic heterocycles. The van der Waals surface area contributed by atoms with Gasteiger partial charge in [0.1, 0.15) is 6.04 Å². The van der Waals surface area contributed by atoms with Crippen molar-refractivity contribution in [3.63, 3.8) is 0 Å². The molecular weight excluding hydrogens is 404 g/mol. The van der Waals surface area contributed by atoms with Crippen LogP contribution in [-0.2, 0) is 20.9 Å². The number of hydrogen-bond donors (Lipinski definition) is 2. The molecule has 1 heterocycles. The number of anilines is 1. The molecule has 0 radical (unpaired) electrons. The summed E-state index contributed by atoms with van der Waals surface area (Å²) in [5.41, 5.74) is 1.94. The number of nitrogens with zero attached hydrogens (tertiary/aromatic N) is 2. The number of hydrogen-bond acceptors (Lipinski definition) is 6. The Labute approximate surface area is 182 Å². The molecule has 3 amide bonds. The number of thioether (sulfide) groups is 1. The van der Waals surface area contributed by atoms with E-state index in [4.69, 9.17) is 4.74 Å². The molecule has 30 heavy (non-hydrogen) atoms. The number of ether oxygens (including phenoxy) is 1. The molecule has 1 saturated heterocycles. The van der Waals surface area contributed by atoms with Crippen molar-refractivity contribution in [1.29, 1.82) is 0 Å². The molecule has 1 unspecified atom stereocenters. The topological polar surface area (TPSA) is 91.0 Å². The van der Waals surface area contributed by atoms with Crippen LogP contribution in [0.4, 0.5) is 10.5 Å². The standard InChI is InChI=1S/C21H32N4O4S/c1-16(26)22-18-7-5-17(6-8-18)15-24-10-4-11-25(13-12-24)21(28)23-19(9-14-30-3)20(27)29-2/h5-8,19H,4,9-15H2,1-3H3,(H,22,26)(H,23,28). The lowest BCUT2D eigenvalue weighted by molar-refractivity contribution is -0.142. The van der Waals surface area contributed by atoms with E-state index >= 15 is 0 Å². The van der Waals surface area contributed by atoms with Gasteiger partial charge in [-0.05, 0) is 42.5 Å². The first-order chi connectivity index (χ1) is 14.4. The lowest BCUT2D eigenvalue weighted by atomic mass is 10.2. The molecule has 1 aromatic rings. The van der Waals surface area contributed by atoms with E-state index in [0.717, 1.165) is 43.1 Å². The van der Waals surface area contributed by atoms with Gasteiger partial charge in [0.2, 0.25) is 5.91 Å². The molecule has 1 aliphatic rings. The highest BCUT2D eigenvalue weighted by atomic mass is 32.2. The van der Waals surface area contributed by atoms with Gasteiger partial charge in [-0.1, -0.05) is 12.1 Å².